The van der Waals surface area contributed by atoms with Crippen molar-refractivity contribution < 1.29 is 13.2 Å². The molecule has 5 nitrogen and oxygen atoms in total. The lowest BCUT2D eigenvalue weighted by molar-refractivity contribution is 0.102. The third kappa shape index (κ3) is 5.03. The number of aryl methyl sites for hydroxylation is 1. The van der Waals surface area contributed by atoms with Gasteiger partial charge >= 0.3 is 0 Å². The van der Waals surface area contributed by atoms with Crippen molar-refractivity contribution in [2.45, 2.75) is 31.6 Å². The topological polar surface area (TPSA) is 75.3 Å². The summed E-state index contributed by atoms with van der Waals surface area (Å²) in [4.78, 5) is 12.8. The van der Waals surface area contributed by atoms with E-state index in [1.165, 1.54) is 17.7 Å². The molecule has 2 N–H and O–H groups in total. The van der Waals surface area contributed by atoms with Crippen LogP contribution in [0.2, 0.25) is 0 Å². The van der Waals surface area contributed by atoms with Gasteiger partial charge in [-0.25, -0.2) is 8.42 Å². The second-order valence-electron chi connectivity index (χ2n) is 7.18. The molecular weight excluding hydrogens is 384 g/mol. The summed E-state index contributed by atoms with van der Waals surface area (Å²) < 4.78 is 27.8. The van der Waals surface area contributed by atoms with E-state index in [1.807, 2.05) is 24.3 Å². The quantitative estimate of drug-likeness (QED) is 0.591. The molecule has 0 aliphatic heterocycles. The number of hydrogen-bond acceptors (Lipinski definition) is 3. The van der Waals surface area contributed by atoms with Crippen LogP contribution < -0.4 is 10.0 Å². The Balaban J connectivity index is 1.80. The van der Waals surface area contributed by atoms with Gasteiger partial charge in [0.25, 0.3) is 15.9 Å². The van der Waals surface area contributed by atoms with Crippen molar-refractivity contribution in [1.82, 2.24) is 0 Å². The number of rotatable bonds is 6. The smallest absolute Gasteiger partial charge is 0.261 e. The van der Waals surface area contributed by atoms with Crippen LogP contribution in [-0.2, 0) is 10.0 Å². The van der Waals surface area contributed by atoms with Crippen LogP contribution in [0.25, 0.3) is 0 Å². The summed E-state index contributed by atoms with van der Waals surface area (Å²) in [5, 5.41) is 2.85. The second kappa shape index (κ2) is 8.49. The molecule has 0 unspecified atom stereocenters. The molecule has 0 heterocycles. The summed E-state index contributed by atoms with van der Waals surface area (Å²) in [6.45, 7) is 6.00. The van der Waals surface area contributed by atoms with E-state index in [4.69, 9.17) is 0 Å². The first kappa shape index (κ1) is 20.6. The fourth-order valence-electron chi connectivity index (χ4n) is 2.83. The average Bonchev–Trinajstić information content (AvgIpc) is 2.70. The van der Waals surface area contributed by atoms with Gasteiger partial charge in [0.2, 0.25) is 0 Å². The Morgan fingerprint density at radius 2 is 1.55 bits per heavy atom. The van der Waals surface area contributed by atoms with Crippen molar-refractivity contribution in [3.8, 4) is 0 Å². The van der Waals surface area contributed by atoms with Crippen molar-refractivity contribution in [1.29, 1.82) is 0 Å². The molecule has 0 radical (unpaired) electrons. The standard InChI is InChI=1S/C23H24N2O3S/c1-16(2)18-11-13-20(14-12-18)24-23(26)19-10-9-17(3)22(15-19)25-29(27,28)21-7-5-4-6-8-21/h4-16,25H,1-3H3,(H,24,26). The van der Waals surface area contributed by atoms with Gasteiger partial charge in [-0.3, -0.25) is 9.52 Å². The molecule has 0 saturated carbocycles. The molecule has 3 rings (SSSR count). The molecule has 0 aromatic heterocycles. The van der Waals surface area contributed by atoms with E-state index in [1.54, 1.807) is 43.3 Å². The zero-order chi connectivity index (χ0) is 21.0. The van der Waals surface area contributed by atoms with Gasteiger partial charge in [-0.1, -0.05) is 50.2 Å². The van der Waals surface area contributed by atoms with Crippen molar-refractivity contribution in [3.63, 3.8) is 0 Å². The molecular formula is C23H24N2O3S. The molecule has 6 heteroatoms. The van der Waals surface area contributed by atoms with Crippen LogP contribution >= 0.6 is 0 Å². The molecule has 3 aromatic carbocycles. The van der Waals surface area contributed by atoms with Gasteiger partial charge < -0.3 is 5.32 Å². The van der Waals surface area contributed by atoms with Crippen LogP contribution in [-0.4, -0.2) is 14.3 Å². The highest BCUT2D eigenvalue weighted by molar-refractivity contribution is 7.92. The number of sulfonamides is 1. The van der Waals surface area contributed by atoms with E-state index in [0.717, 1.165) is 5.56 Å². The zero-order valence-corrected chi connectivity index (χ0v) is 17.5. The fraction of sp³-hybridized carbons (Fsp3) is 0.174. The summed E-state index contributed by atoms with van der Waals surface area (Å²) in [6, 6.07) is 20.8. The van der Waals surface area contributed by atoms with E-state index in [0.29, 0.717) is 22.9 Å². The maximum Gasteiger partial charge on any atom is 0.261 e. The van der Waals surface area contributed by atoms with Crippen molar-refractivity contribution in [2.75, 3.05) is 10.0 Å². The third-order valence-corrected chi connectivity index (χ3v) is 6.01. The maximum atomic E-state index is 12.6. The molecule has 0 atom stereocenters. The molecule has 150 valence electrons. The van der Waals surface area contributed by atoms with E-state index >= 15 is 0 Å². The summed E-state index contributed by atoms with van der Waals surface area (Å²) in [5.74, 6) is 0.111. The summed E-state index contributed by atoms with van der Waals surface area (Å²) >= 11 is 0. The largest absolute Gasteiger partial charge is 0.322 e. The number of carbonyl (C=O) groups is 1. The lowest BCUT2D eigenvalue weighted by Gasteiger charge is -2.13. The molecule has 3 aromatic rings. The summed E-state index contributed by atoms with van der Waals surface area (Å²) in [5.41, 5.74) is 3.34. The first-order chi connectivity index (χ1) is 13.8. The first-order valence-electron chi connectivity index (χ1n) is 9.36. The summed E-state index contributed by atoms with van der Waals surface area (Å²) in [6.07, 6.45) is 0. The Morgan fingerprint density at radius 3 is 2.17 bits per heavy atom. The fourth-order valence-corrected chi connectivity index (χ4v) is 3.97. The minimum atomic E-state index is -3.73. The minimum Gasteiger partial charge on any atom is -0.322 e. The van der Waals surface area contributed by atoms with Gasteiger partial charge in [0, 0.05) is 11.3 Å². The predicted molar refractivity (Wildman–Crippen MR) is 117 cm³/mol. The van der Waals surface area contributed by atoms with E-state index in [2.05, 4.69) is 23.9 Å². The lowest BCUT2D eigenvalue weighted by atomic mass is 10.0. The van der Waals surface area contributed by atoms with E-state index in [-0.39, 0.29) is 10.8 Å². The number of nitrogens with one attached hydrogen (secondary N) is 2. The maximum absolute atomic E-state index is 12.6. The van der Waals surface area contributed by atoms with E-state index < -0.39 is 10.0 Å². The van der Waals surface area contributed by atoms with Gasteiger partial charge in [0.15, 0.2) is 0 Å². The SMILES string of the molecule is Cc1ccc(C(=O)Nc2ccc(C(C)C)cc2)cc1NS(=O)(=O)c1ccccc1. The number of amides is 1. The van der Waals surface area contributed by atoms with Gasteiger partial charge in [0.1, 0.15) is 0 Å². The average molecular weight is 409 g/mol. The van der Waals surface area contributed by atoms with Crippen LogP contribution in [0.1, 0.15) is 41.3 Å². The zero-order valence-electron chi connectivity index (χ0n) is 16.6. The molecule has 0 aliphatic rings. The minimum absolute atomic E-state index is 0.166. The highest BCUT2D eigenvalue weighted by Gasteiger charge is 2.16. The number of hydrogen-bond donors (Lipinski definition) is 2. The first-order valence-corrected chi connectivity index (χ1v) is 10.8. The highest BCUT2D eigenvalue weighted by atomic mass is 32.2. The molecule has 29 heavy (non-hydrogen) atoms. The Bertz CT molecular complexity index is 1110. The molecule has 0 aliphatic carbocycles. The Labute approximate surface area is 171 Å². The van der Waals surface area contributed by atoms with Crippen LogP contribution in [0, 0.1) is 6.92 Å². The Hall–Kier alpha value is -3.12. The molecule has 0 bridgehead atoms. The van der Waals surface area contributed by atoms with Crippen LogP contribution in [0.5, 0.6) is 0 Å². The normalized spacial score (nSPS) is 11.3. The van der Waals surface area contributed by atoms with Gasteiger partial charge in [0.05, 0.1) is 10.6 Å². The van der Waals surface area contributed by atoms with E-state index in [9.17, 15) is 13.2 Å². The van der Waals surface area contributed by atoms with Crippen molar-refractivity contribution in [2.24, 2.45) is 0 Å². The number of anilines is 2. The highest BCUT2D eigenvalue weighted by Crippen LogP contribution is 2.22. The lowest BCUT2D eigenvalue weighted by Crippen LogP contribution is -2.16. The number of carbonyl (C=O) groups excluding carboxylic acids is 1. The molecule has 0 spiro atoms. The van der Waals surface area contributed by atoms with Crippen LogP contribution in [0.3, 0.4) is 0 Å². The molecule has 1 amide bonds. The van der Waals surface area contributed by atoms with Gasteiger partial charge in [-0.05, 0) is 60.4 Å². The predicted octanol–water partition coefficient (Wildman–Crippen LogP) is 5.17. The van der Waals surface area contributed by atoms with Crippen molar-refractivity contribution >= 4 is 27.3 Å². The van der Waals surface area contributed by atoms with Crippen molar-refractivity contribution in [3.05, 3.63) is 89.5 Å². The summed E-state index contributed by atoms with van der Waals surface area (Å²) in [7, 11) is -3.73. The van der Waals surface area contributed by atoms with Crippen LogP contribution in [0.15, 0.2) is 77.7 Å². The van der Waals surface area contributed by atoms with Gasteiger partial charge in [-0.2, -0.15) is 0 Å². The number of benzene rings is 3. The molecule has 0 fully saturated rings. The third-order valence-electron chi connectivity index (χ3n) is 4.63. The Morgan fingerprint density at radius 1 is 0.897 bits per heavy atom. The monoisotopic (exact) mass is 408 g/mol. The molecule has 0 saturated heterocycles. The second-order valence-corrected chi connectivity index (χ2v) is 8.86. The van der Waals surface area contributed by atoms with Crippen LogP contribution in [0.4, 0.5) is 11.4 Å². The Kier molecular flexibility index (Phi) is 6.03. The van der Waals surface area contributed by atoms with Gasteiger partial charge in [-0.15, -0.1) is 0 Å².